The van der Waals surface area contributed by atoms with Crippen LogP contribution in [0.5, 0.6) is 0 Å². The Hall–Kier alpha value is -1.39. The zero-order chi connectivity index (χ0) is 14.2. The summed E-state index contributed by atoms with van der Waals surface area (Å²) in [6.07, 6.45) is 9.98. The van der Waals surface area contributed by atoms with Crippen molar-refractivity contribution < 1.29 is 4.79 Å². The Morgan fingerprint density at radius 2 is 1.90 bits per heavy atom. The fourth-order valence-electron chi connectivity index (χ4n) is 5.29. The third-order valence-corrected chi connectivity index (χ3v) is 5.88. The fourth-order valence-corrected chi connectivity index (χ4v) is 5.29. The van der Waals surface area contributed by atoms with E-state index < -0.39 is 0 Å². The molecular weight excluding hydrogens is 264 g/mol. The molecule has 2 N–H and O–H groups in total. The summed E-state index contributed by atoms with van der Waals surface area (Å²) in [6, 6.07) is 0. The molecule has 5 heteroatoms. The van der Waals surface area contributed by atoms with Gasteiger partial charge in [0.25, 0.3) is 0 Å². The molecule has 0 aliphatic heterocycles. The lowest BCUT2D eigenvalue weighted by Crippen LogP contribution is -2.51. The van der Waals surface area contributed by atoms with E-state index in [-0.39, 0.29) is 0 Å². The molecule has 1 aromatic rings. The van der Waals surface area contributed by atoms with Gasteiger partial charge in [-0.3, -0.25) is 9.89 Å². The second-order valence-electron chi connectivity index (χ2n) is 7.28. The number of carbonyl (C=O) groups excluding carboxylic acids is 1. The van der Waals surface area contributed by atoms with Crippen LogP contribution in [0, 0.1) is 29.6 Å². The molecule has 5 rings (SSSR count). The van der Waals surface area contributed by atoms with E-state index in [1.54, 1.807) is 0 Å². The Kier molecular flexibility index (Phi) is 3.43. The molecule has 0 saturated heterocycles. The highest BCUT2D eigenvalue weighted by Crippen LogP contribution is 2.56. The summed E-state index contributed by atoms with van der Waals surface area (Å²) in [6.45, 7) is 0.752. The summed E-state index contributed by atoms with van der Waals surface area (Å²) in [5.74, 6) is 4.75. The minimum absolute atomic E-state index is 0.308. The van der Waals surface area contributed by atoms with E-state index in [0.717, 1.165) is 37.0 Å². The van der Waals surface area contributed by atoms with Crippen molar-refractivity contribution in [2.75, 3.05) is 6.54 Å². The van der Waals surface area contributed by atoms with Crippen molar-refractivity contribution >= 4 is 5.91 Å². The number of hydrogen-bond donors (Lipinski definition) is 2. The smallest absolute Gasteiger partial charge is 0.223 e. The predicted molar refractivity (Wildman–Crippen MR) is 78.2 cm³/mol. The Morgan fingerprint density at radius 1 is 1.19 bits per heavy atom. The van der Waals surface area contributed by atoms with Gasteiger partial charge in [0.2, 0.25) is 5.91 Å². The number of aromatic amines is 1. The third-order valence-electron chi connectivity index (χ3n) is 5.88. The van der Waals surface area contributed by atoms with Gasteiger partial charge in [-0.2, -0.15) is 5.10 Å². The first-order valence-electron chi connectivity index (χ1n) is 8.41. The molecule has 0 radical (unpaired) electrons. The molecule has 4 aliphatic rings. The van der Waals surface area contributed by atoms with E-state index in [1.807, 2.05) is 0 Å². The molecule has 5 nitrogen and oxygen atoms in total. The normalized spacial score (nSPS) is 36.9. The maximum Gasteiger partial charge on any atom is 0.223 e. The maximum absolute atomic E-state index is 12.5. The molecular formula is C16H24N4O. The Morgan fingerprint density at radius 3 is 2.52 bits per heavy atom. The number of hydrogen-bond acceptors (Lipinski definition) is 3. The molecule has 1 amide bonds. The first-order chi connectivity index (χ1) is 10.3. The summed E-state index contributed by atoms with van der Waals surface area (Å²) in [5.41, 5.74) is 0. The average molecular weight is 288 g/mol. The lowest BCUT2D eigenvalue weighted by molar-refractivity contribution is -0.138. The number of H-pyrrole nitrogens is 1. The van der Waals surface area contributed by atoms with Crippen LogP contribution in [0.25, 0.3) is 0 Å². The van der Waals surface area contributed by atoms with Crippen LogP contribution in [0.1, 0.15) is 44.3 Å². The predicted octanol–water partition coefficient (Wildman–Crippen LogP) is 1.93. The highest BCUT2D eigenvalue weighted by molar-refractivity contribution is 5.79. The molecule has 0 spiro atoms. The van der Waals surface area contributed by atoms with Crippen LogP contribution in [-0.4, -0.2) is 27.6 Å². The van der Waals surface area contributed by atoms with Crippen molar-refractivity contribution in [1.82, 2.24) is 20.5 Å². The van der Waals surface area contributed by atoms with E-state index in [4.69, 9.17) is 0 Å². The number of carbonyl (C=O) groups is 1. The molecule has 4 fully saturated rings. The number of nitrogens with zero attached hydrogens (tertiary/aromatic N) is 2. The maximum atomic E-state index is 12.5. The standard InChI is InChI=1S/C16H24N4O/c21-16(17-3-1-2-14-18-9-19-20-14)15-12-5-10-4-11(7-12)8-13(15)6-10/h9-13,15H,1-8H2,(H,17,21)(H,18,19,20). The van der Waals surface area contributed by atoms with Crippen LogP contribution in [-0.2, 0) is 11.2 Å². The zero-order valence-electron chi connectivity index (χ0n) is 12.4. The monoisotopic (exact) mass is 288 g/mol. The number of amides is 1. The summed E-state index contributed by atoms with van der Waals surface area (Å²) in [4.78, 5) is 16.7. The molecule has 4 bridgehead atoms. The minimum Gasteiger partial charge on any atom is -0.356 e. The molecule has 114 valence electrons. The quantitative estimate of drug-likeness (QED) is 0.813. The van der Waals surface area contributed by atoms with Crippen LogP contribution >= 0.6 is 0 Å². The van der Waals surface area contributed by atoms with Crippen LogP contribution in [0.3, 0.4) is 0 Å². The average Bonchev–Trinajstić information content (AvgIpc) is 2.95. The van der Waals surface area contributed by atoms with Crippen molar-refractivity contribution in [3.63, 3.8) is 0 Å². The van der Waals surface area contributed by atoms with Crippen LogP contribution in [0.15, 0.2) is 6.33 Å². The van der Waals surface area contributed by atoms with Crippen molar-refractivity contribution in [1.29, 1.82) is 0 Å². The second-order valence-corrected chi connectivity index (χ2v) is 7.28. The Bertz CT molecular complexity index is 470. The fraction of sp³-hybridized carbons (Fsp3) is 0.812. The van der Waals surface area contributed by atoms with Gasteiger partial charge in [0.15, 0.2) is 0 Å². The summed E-state index contributed by atoms with van der Waals surface area (Å²) in [7, 11) is 0. The van der Waals surface area contributed by atoms with E-state index in [1.165, 1.54) is 38.4 Å². The van der Waals surface area contributed by atoms with Gasteiger partial charge in [0.05, 0.1) is 0 Å². The highest BCUT2D eigenvalue weighted by Gasteiger charge is 2.50. The van der Waals surface area contributed by atoms with Crippen LogP contribution in [0.4, 0.5) is 0 Å². The lowest BCUT2D eigenvalue weighted by atomic mass is 9.51. The minimum atomic E-state index is 0.308. The third kappa shape index (κ3) is 2.58. The van der Waals surface area contributed by atoms with Crippen molar-refractivity contribution in [3.05, 3.63) is 12.2 Å². The Labute approximate surface area is 125 Å². The van der Waals surface area contributed by atoms with E-state index >= 15 is 0 Å². The largest absolute Gasteiger partial charge is 0.356 e. The van der Waals surface area contributed by atoms with E-state index in [0.29, 0.717) is 23.7 Å². The molecule has 21 heavy (non-hydrogen) atoms. The topological polar surface area (TPSA) is 70.7 Å². The molecule has 1 heterocycles. The number of aromatic nitrogens is 3. The lowest BCUT2D eigenvalue weighted by Gasteiger charge is -2.53. The summed E-state index contributed by atoms with van der Waals surface area (Å²) < 4.78 is 0. The number of aryl methyl sites for hydroxylation is 1. The van der Waals surface area contributed by atoms with Gasteiger partial charge in [0, 0.05) is 18.9 Å². The Balaban J connectivity index is 1.27. The van der Waals surface area contributed by atoms with Crippen molar-refractivity contribution in [3.8, 4) is 0 Å². The highest BCUT2D eigenvalue weighted by atomic mass is 16.1. The van der Waals surface area contributed by atoms with Gasteiger partial charge in [-0.1, -0.05) is 0 Å². The molecule has 4 aliphatic carbocycles. The first-order valence-corrected chi connectivity index (χ1v) is 8.41. The number of rotatable bonds is 5. The van der Waals surface area contributed by atoms with E-state index in [9.17, 15) is 4.79 Å². The van der Waals surface area contributed by atoms with Gasteiger partial charge in [-0.15, -0.1) is 0 Å². The van der Waals surface area contributed by atoms with Crippen LogP contribution in [0.2, 0.25) is 0 Å². The first kappa shape index (κ1) is 13.3. The van der Waals surface area contributed by atoms with Crippen LogP contribution < -0.4 is 5.32 Å². The van der Waals surface area contributed by atoms with Crippen molar-refractivity contribution in [2.45, 2.75) is 44.9 Å². The van der Waals surface area contributed by atoms with Gasteiger partial charge >= 0.3 is 0 Å². The summed E-state index contributed by atoms with van der Waals surface area (Å²) in [5, 5.41) is 9.86. The van der Waals surface area contributed by atoms with E-state index in [2.05, 4.69) is 20.5 Å². The van der Waals surface area contributed by atoms with Gasteiger partial charge in [0.1, 0.15) is 12.2 Å². The summed E-state index contributed by atoms with van der Waals surface area (Å²) >= 11 is 0. The van der Waals surface area contributed by atoms with Crippen molar-refractivity contribution in [2.24, 2.45) is 29.6 Å². The molecule has 0 unspecified atom stereocenters. The second kappa shape index (κ2) is 5.43. The molecule has 0 aromatic carbocycles. The zero-order valence-corrected chi connectivity index (χ0v) is 12.4. The SMILES string of the molecule is O=C(NCCCc1ncn[nH]1)C1C2CC3CC(C2)CC1C3. The van der Waals surface area contributed by atoms with Gasteiger partial charge in [-0.25, -0.2) is 4.98 Å². The number of nitrogens with one attached hydrogen (secondary N) is 2. The molecule has 4 saturated carbocycles. The molecule has 0 atom stereocenters. The molecule has 1 aromatic heterocycles. The van der Waals surface area contributed by atoms with Gasteiger partial charge in [-0.05, 0) is 62.2 Å². The van der Waals surface area contributed by atoms with Gasteiger partial charge < -0.3 is 5.32 Å².